The Labute approximate surface area is 115 Å². The van der Waals surface area contributed by atoms with Gasteiger partial charge < -0.3 is 10.4 Å². The molecule has 6 nitrogen and oxygen atoms in total. The number of carbonyl (C=O) groups excluding carboxylic acids is 3. The second-order valence-corrected chi connectivity index (χ2v) is 4.98. The number of carbonyl (C=O) groups is 3. The van der Waals surface area contributed by atoms with E-state index in [1.54, 1.807) is 0 Å². The van der Waals surface area contributed by atoms with Crippen LogP contribution in [0.5, 0.6) is 5.75 Å². The van der Waals surface area contributed by atoms with Crippen LogP contribution in [-0.4, -0.2) is 40.3 Å². The van der Waals surface area contributed by atoms with E-state index in [0.717, 1.165) is 17.7 Å². The highest BCUT2D eigenvalue weighted by atomic mass is 16.3. The monoisotopic (exact) mass is 274 g/mol. The highest BCUT2D eigenvalue weighted by Crippen LogP contribution is 2.32. The summed E-state index contributed by atoms with van der Waals surface area (Å²) in [5.74, 6) is -1.64. The molecule has 0 unspecified atom stereocenters. The third kappa shape index (κ3) is 1.76. The molecule has 20 heavy (non-hydrogen) atoms. The summed E-state index contributed by atoms with van der Waals surface area (Å²) in [7, 11) is 0. The van der Waals surface area contributed by atoms with E-state index < -0.39 is 17.9 Å². The van der Waals surface area contributed by atoms with E-state index in [-0.39, 0.29) is 22.8 Å². The lowest BCUT2D eigenvalue weighted by Crippen LogP contribution is -2.48. The van der Waals surface area contributed by atoms with Gasteiger partial charge in [-0.25, -0.2) is 0 Å². The minimum absolute atomic E-state index is 0.00505. The third-order valence-electron chi connectivity index (χ3n) is 3.74. The number of rotatable bonds is 1. The summed E-state index contributed by atoms with van der Waals surface area (Å²) in [5.41, 5.74) is 0.154. The molecule has 1 aromatic carbocycles. The quantitative estimate of drug-likeness (QED) is 0.736. The molecule has 3 rings (SSSR count). The Kier molecular flexibility index (Phi) is 2.93. The van der Waals surface area contributed by atoms with Crippen molar-refractivity contribution in [3.63, 3.8) is 0 Å². The number of hydrogen-bond acceptors (Lipinski definition) is 4. The molecule has 0 aromatic heterocycles. The van der Waals surface area contributed by atoms with Gasteiger partial charge in [0.05, 0.1) is 11.1 Å². The molecule has 2 N–H and O–H groups in total. The average molecular weight is 274 g/mol. The molecular weight excluding hydrogens is 260 g/mol. The molecule has 1 fully saturated rings. The SMILES string of the molecule is O=C1NCCCC[C@@H]1N1C(=O)c2cccc(O)c2C1=O. The zero-order chi connectivity index (χ0) is 14.3. The van der Waals surface area contributed by atoms with Gasteiger partial charge in [0.1, 0.15) is 11.8 Å². The average Bonchev–Trinajstić information content (AvgIpc) is 2.57. The zero-order valence-electron chi connectivity index (χ0n) is 10.8. The molecule has 0 aliphatic carbocycles. The van der Waals surface area contributed by atoms with E-state index in [1.807, 2.05) is 0 Å². The Morgan fingerprint density at radius 2 is 1.95 bits per heavy atom. The van der Waals surface area contributed by atoms with Gasteiger partial charge in [0.15, 0.2) is 0 Å². The summed E-state index contributed by atoms with van der Waals surface area (Å²) in [6.45, 7) is 0.559. The van der Waals surface area contributed by atoms with E-state index in [4.69, 9.17) is 0 Å². The maximum atomic E-state index is 12.4. The highest BCUT2D eigenvalue weighted by molar-refractivity contribution is 6.24. The Hall–Kier alpha value is -2.37. The first-order valence-electron chi connectivity index (χ1n) is 6.59. The topological polar surface area (TPSA) is 86.7 Å². The number of nitrogens with one attached hydrogen (secondary N) is 1. The Balaban J connectivity index is 2.01. The lowest BCUT2D eigenvalue weighted by Gasteiger charge is -2.23. The molecule has 0 saturated carbocycles. The number of fused-ring (bicyclic) bond motifs is 1. The Bertz CT molecular complexity index is 611. The van der Waals surface area contributed by atoms with Gasteiger partial charge in [0.2, 0.25) is 5.91 Å². The second kappa shape index (κ2) is 4.63. The van der Waals surface area contributed by atoms with E-state index in [2.05, 4.69) is 5.32 Å². The summed E-state index contributed by atoms with van der Waals surface area (Å²) < 4.78 is 0. The van der Waals surface area contributed by atoms with Gasteiger partial charge in [-0.05, 0) is 31.4 Å². The lowest BCUT2D eigenvalue weighted by atomic mass is 10.1. The van der Waals surface area contributed by atoms with E-state index in [1.165, 1.54) is 18.2 Å². The van der Waals surface area contributed by atoms with Crippen molar-refractivity contribution in [2.45, 2.75) is 25.3 Å². The van der Waals surface area contributed by atoms with Crippen LogP contribution < -0.4 is 5.32 Å². The highest BCUT2D eigenvalue weighted by Gasteiger charge is 2.44. The van der Waals surface area contributed by atoms with Crippen LogP contribution in [0.3, 0.4) is 0 Å². The summed E-state index contributed by atoms with van der Waals surface area (Å²) in [4.78, 5) is 37.7. The van der Waals surface area contributed by atoms with Gasteiger partial charge in [-0.1, -0.05) is 6.07 Å². The van der Waals surface area contributed by atoms with Crippen LogP contribution >= 0.6 is 0 Å². The van der Waals surface area contributed by atoms with Crippen LogP contribution in [-0.2, 0) is 4.79 Å². The fourth-order valence-corrected chi connectivity index (χ4v) is 2.74. The second-order valence-electron chi connectivity index (χ2n) is 4.98. The predicted molar refractivity (Wildman–Crippen MR) is 69.3 cm³/mol. The van der Waals surface area contributed by atoms with Gasteiger partial charge in [-0.2, -0.15) is 0 Å². The molecule has 3 amide bonds. The van der Waals surface area contributed by atoms with Crippen molar-refractivity contribution in [3.8, 4) is 5.75 Å². The van der Waals surface area contributed by atoms with Crippen LogP contribution in [0.4, 0.5) is 0 Å². The Morgan fingerprint density at radius 1 is 1.15 bits per heavy atom. The third-order valence-corrected chi connectivity index (χ3v) is 3.74. The molecule has 2 aliphatic rings. The van der Waals surface area contributed by atoms with Gasteiger partial charge in [0, 0.05) is 6.54 Å². The van der Waals surface area contributed by atoms with Crippen molar-refractivity contribution >= 4 is 17.7 Å². The van der Waals surface area contributed by atoms with Gasteiger partial charge in [-0.3, -0.25) is 19.3 Å². The van der Waals surface area contributed by atoms with Crippen LogP contribution in [0.1, 0.15) is 40.0 Å². The minimum atomic E-state index is -0.788. The van der Waals surface area contributed by atoms with Gasteiger partial charge in [-0.15, -0.1) is 0 Å². The first kappa shape index (κ1) is 12.7. The molecule has 6 heteroatoms. The molecule has 2 aliphatic heterocycles. The number of hydrogen-bond donors (Lipinski definition) is 2. The van der Waals surface area contributed by atoms with Gasteiger partial charge >= 0.3 is 0 Å². The summed E-state index contributed by atoms with van der Waals surface area (Å²) >= 11 is 0. The maximum absolute atomic E-state index is 12.4. The summed E-state index contributed by atoms with van der Waals surface area (Å²) in [5, 5.41) is 12.5. The number of phenolic OH excluding ortho intramolecular Hbond substituents is 1. The van der Waals surface area contributed by atoms with Crippen molar-refractivity contribution in [1.82, 2.24) is 10.2 Å². The van der Waals surface area contributed by atoms with Crippen LogP contribution in [0.15, 0.2) is 18.2 Å². The molecule has 1 atom stereocenters. The minimum Gasteiger partial charge on any atom is -0.507 e. The van der Waals surface area contributed by atoms with Crippen molar-refractivity contribution < 1.29 is 19.5 Å². The first-order chi connectivity index (χ1) is 9.61. The van der Waals surface area contributed by atoms with E-state index in [0.29, 0.717) is 13.0 Å². The van der Waals surface area contributed by atoms with Crippen LogP contribution in [0, 0.1) is 0 Å². The standard InChI is InChI=1S/C14H14N2O4/c17-10-6-3-4-8-11(10)14(20)16(13(8)19)9-5-1-2-7-15-12(9)18/h3-4,6,9,17H,1-2,5,7H2,(H,15,18)/t9-/m0/s1. The summed E-state index contributed by atoms with van der Waals surface area (Å²) in [6, 6.07) is 3.57. The molecule has 0 radical (unpaired) electrons. The number of amides is 3. The molecule has 104 valence electrons. The first-order valence-corrected chi connectivity index (χ1v) is 6.59. The fraction of sp³-hybridized carbons (Fsp3) is 0.357. The number of benzene rings is 1. The molecule has 2 heterocycles. The van der Waals surface area contributed by atoms with Crippen molar-refractivity contribution in [2.24, 2.45) is 0 Å². The molecule has 1 aromatic rings. The van der Waals surface area contributed by atoms with Crippen molar-refractivity contribution in [2.75, 3.05) is 6.54 Å². The molecular formula is C14H14N2O4. The largest absolute Gasteiger partial charge is 0.507 e. The fourth-order valence-electron chi connectivity index (χ4n) is 2.74. The maximum Gasteiger partial charge on any atom is 0.266 e. The van der Waals surface area contributed by atoms with Crippen LogP contribution in [0.25, 0.3) is 0 Å². The number of nitrogens with zero attached hydrogens (tertiary/aromatic N) is 1. The predicted octanol–water partition coefficient (Wildman–Crippen LogP) is 0.657. The van der Waals surface area contributed by atoms with E-state index >= 15 is 0 Å². The molecule has 1 saturated heterocycles. The van der Waals surface area contributed by atoms with Gasteiger partial charge in [0.25, 0.3) is 11.8 Å². The normalized spacial score (nSPS) is 22.5. The number of imide groups is 1. The molecule has 0 spiro atoms. The smallest absolute Gasteiger partial charge is 0.266 e. The van der Waals surface area contributed by atoms with Crippen molar-refractivity contribution in [3.05, 3.63) is 29.3 Å². The number of aromatic hydroxyl groups is 1. The molecule has 0 bridgehead atoms. The lowest BCUT2D eigenvalue weighted by molar-refractivity contribution is -0.124. The Morgan fingerprint density at radius 3 is 2.70 bits per heavy atom. The number of phenols is 1. The zero-order valence-corrected chi connectivity index (χ0v) is 10.8. The van der Waals surface area contributed by atoms with Crippen LogP contribution in [0.2, 0.25) is 0 Å². The summed E-state index contributed by atoms with van der Waals surface area (Å²) in [6.07, 6.45) is 2.05. The van der Waals surface area contributed by atoms with E-state index in [9.17, 15) is 19.5 Å². The van der Waals surface area contributed by atoms with Crippen molar-refractivity contribution in [1.29, 1.82) is 0 Å².